The highest BCUT2D eigenvalue weighted by molar-refractivity contribution is 7.94. The van der Waals surface area contributed by atoms with Gasteiger partial charge in [0.2, 0.25) is 0 Å². The van der Waals surface area contributed by atoms with Gasteiger partial charge in [-0.05, 0) is 42.1 Å². The fraction of sp³-hybridized carbons (Fsp3) is 0.312. The predicted octanol–water partition coefficient (Wildman–Crippen LogP) is 2.52. The average Bonchev–Trinajstić information content (AvgIpc) is 3.28. The number of sulfonamides is 1. The van der Waals surface area contributed by atoms with Crippen LogP contribution in [0, 0.1) is 5.92 Å². The van der Waals surface area contributed by atoms with Crippen LogP contribution in [0.2, 0.25) is 0 Å². The molecule has 1 aliphatic heterocycles. The Morgan fingerprint density at radius 2 is 2.04 bits per heavy atom. The van der Waals surface area contributed by atoms with E-state index in [1.54, 1.807) is 41.8 Å². The smallest absolute Gasteiger partial charge is 0.316 e. The van der Waals surface area contributed by atoms with Crippen LogP contribution < -0.4 is 9.04 Å². The summed E-state index contributed by atoms with van der Waals surface area (Å²) in [7, 11) is -2.08. The van der Waals surface area contributed by atoms with E-state index in [9.17, 15) is 13.2 Å². The fourth-order valence-electron chi connectivity index (χ4n) is 2.33. The Morgan fingerprint density at radius 1 is 1.29 bits per heavy atom. The molecule has 1 fully saturated rings. The third-order valence-corrected chi connectivity index (χ3v) is 6.95. The molecule has 0 amide bonds. The van der Waals surface area contributed by atoms with Crippen molar-refractivity contribution in [3.63, 3.8) is 0 Å². The van der Waals surface area contributed by atoms with Crippen LogP contribution in [0.3, 0.4) is 0 Å². The molecule has 1 unspecified atom stereocenters. The van der Waals surface area contributed by atoms with E-state index in [4.69, 9.17) is 9.47 Å². The van der Waals surface area contributed by atoms with E-state index in [1.807, 2.05) is 0 Å². The van der Waals surface area contributed by atoms with E-state index >= 15 is 0 Å². The quantitative estimate of drug-likeness (QED) is 0.600. The number of rotatable bonds is 5. The number of thiophene rings is 1. The molecule has 0 aliphatic carbocycles. The molecule has 0 N–H and O–H groups in total. The van der Waals surface area contributed by atoms with Crippen LogP contribution in [0.25, 0.3) is 0 Å². The highest BCUT2D eigenvalue weighted by Crippen LogP contribution is 2.27. The van der Waals surface area contributed by atoms with Crippen molar-refractivity contribution in [3.8, 4) is 5.75 Å². The van der Waals surface area contributed by atoms with E-state index in [1.165, 1.54) is 22.7 Å². The first-order chi connectivity index (χ1) is 11.5. The molecule has 3 rings (SSSR count). The van der Waals surface area contributed by atoms with Gasteiger partial charge in [0.1, 0.15) is 9.96 Å². The second-order valence-electron chi connectivity index (χ2n) is 5.38. The number of hydrogen-bond acceptors (Lipinski definition) is 6. The minimum Gasteiger partial charge on any atom is -0.426 e. The topological polar surface area (TPSA) is 72.9 Å². The Labute approximate surface area is 144 Å². The molecular formula is C16H17NO5S2. The lowest BCUT2D eigenvalue weighted by Crippen LogP contribution is -2.25. The molecule has 1 aliphatic rings. The normalized spacial score (nSPS) is 17.6. The summed E-state index contributed by atoms with van der Waals surface area (Å²) in [5.74, 6) is -0.163. The third kappa shape index (κ3) is 3.45. The summed E-state index contributed by atoms with van der Waals surface area (Å²) in [6.07, 6.45) is 0.665. The number of esters is 1. The first-order valence-electron chi connectivity index (χ1n) is 7.40. The lowest BCUT2D eigenvalue weighted by Gasteiger charge is -2.18. The molecule has 1 aromatic carbocycles. The summed E-state index contributed by atoms with van der Waals surface area (Å²) >= 11 is 1.17. The number of anilines is 1. The minimum atomic E-state index is -3.57. The Bertz CT molecular complexity index is 794. The summed E-state index contributed by atoms with van der Waals surface area (Å²) in [6.45, 7) is 0.961. The van der Waals surface area contributed by atoms with Crippen LogP contribution in [0.15, 0.2) is 46.0 Å². The van der Waals surface area contributed by atoms with Gasteiger partial charge in [-0.3, -0.25) is 9.10 Å². The fourth-order valence-corrected chi connectivity index (χ4v) is 4.68. The van der Waals surface area contributed by atoms with Gasteiger partial charge in [0.05, 0.1) is 18.2 Å². The lowest BCUT2D eigenvalue weighted by atomic mass is 10.1. The third-order valence-electron chi connectivity index (χ3n) is 3.79. The molecule has 2 heterocycles. The molecule has 0 spiro atoms. The lowest BCUT2D eigenvalue weighted by molar-refractivity contribution is -0.138. The molecule has 0 saturated carbocycles. The largest absolute Gasteiger partial charge is 0.426 e. The maximum Gasteiger partial charge on any atom is 0.316 e. The molecule has 1 aromatic heterocycles. The van der Waals surface area contributed by atoms with E-state index in [2.05, 4.69) is 0 Å². The van der Waals surface area contributed by atoms with Crippen molar-refractivity contribution in [2.45, 2.75) is 10.6 Å². The van der Waals surface area contributed by atoms with Gasteiger partial charge in [0.15, 0.2) is 0 Å². The molecule has 2 aromatic rings. The molecule has 24 heavy (non-hydrogen) atoms. The van der Waals surface area contributed by atoms with Crippen molar-refractivity contribution >= 4 is 33.0 Å². The Hall–Kier alpha value is -1.90. The van der Waals surface area contributed by atoms with Crippen molar-refractivity contribution in [2.75, 3.05) is 24.6 Å². The van der Waals surface area contributed by atoms with Crippen LogP contribution in [-0.2, 0) is 19.6 Å². The summed E-state index contributed by atoms with van der Waals surface area (Å²) in [5.41, 5.74) is 0.493. The summed E-state index contributed by atoms with van der Waals surface area (Å²) < 4.78 is 36.9. The van der Waals surface area contributed by atoms with E-state index < -0.39 is 10.0 Å². The van der Waals surface area contributed by atoms with Gasteiger partial charge in [-0.2, -0.15) is 0 Å². The molecule has 1 atom stereocenters. The van der Waals surface area contributed by atoms with E-state index in [0.29, 0.717) is 31.1 Å². The summed E-state index contributed by atoms with van der Waals surface area (Å²) in [6, 6.07) is 9.65. The van der Waals surface area contributed by atoms with Crippen molar-refractivity contribution < 1.29 is 22.7 Å². The van der Waals surface area contributed by atoms with Crippen molar-refractivity contribution in [3.05, 3.63) is 41.8 Å². The molecule has 128 valence electrons. The minimum absolute atomic E-state index is 0.230. The van der Waals surface area contributed by atoms with Gasteiger partial charge in [0.25, 0.3) is 10.0 Å². The zero-order valence-corrected chi connectivity index (χ0v) is 14.7. The standard InChI is InChI=1S/C16H17NO5S2/c1-17(24(19,20)15-3-2-10-23-15)13-4-6-14(7-5-13)22-16(18)12-8-9-21-11-12/h2-7,10,12H,8-9,11H2,1H3. The average molecular weight is 367 g/mol. The molecule has 1 saturated heterocycles. The molecule has 6 nitrogen and oxygen atoms in total. The Balaban J connectivity index is 1.71. The van der Waals surface area contributed by atoms with Crippen LogP contribution in [0.5, 0.6) is 5.75 Å². The first-order valence-corrected chi connectivity index (χ1v) is 9.72. The van der Waals surface area contributed by atoms with Crippen molar-refractivity contribution in [1.29, 1.82) is 0 Å². The first kappa shape index (κ1) is 16.9. The highest BCUT2D eigenvalue weighted by atomic mass is 32.2. The number of hydrogen-bond donors (Lipinski definition) is 0. The molecule has 0 radical (unpaired) electrons. The predicted molar refractivity (Wildman–Crippen MR) is 90.9 cm³/mol. The number of benzene rings is 1. The van der Waals surface area contributed by atoms with Gasteiger partial charge < -0.3 is 9.47 Å². The number of carbonyl (C=O) groups is 1. The maximum absolute atomic E-state index is 12.5. The SMILES string of the molecule is CN(c1ccc(OC(=O)C2CCOC2)cc1)S(=O)(=O)c1cccs1. The van der Waals surface area contributed by atoms with Crippen molar-refractivity contribution in [1.82, 2.24) is 0 Å². The zero-order valence-electron chi connectivity index (χ0n) is 13.0. The molecule has 0 bridgehead atoms. The van der Waals surface area contributed by atoms with E-state index in [-0.39, 0.29) is 16.1 Å². The second-order valence-corrected chi connectivity index (χ2v) is 8.52. The highest BCUT2D eigenvalue weighted by Gasteiger charge is 2.26. The monoisotopic (exact) mass is 367 g/mol. The number of carbonyl (C=O) groups excluding carboxylic acids is 1. The number of ether oxygens (including phenoxy) is 2. The zero-order chi connectivity index (χ0) is 17.2. The maximum atomic E-state index is 12.5. The van der Waals surface area contributed by atoms with E-state index in [0.717, 1.165) is 0 Å². The van der Waals surface area contributed by atoms with Gasteiger partial charge >= 0.3 is 5.97 Å². The van der Waals surface area contributed by atoms with Crippen LogP contribution >= 0.6 is 11.3 Å². The molecule has 8 heteroatoms. The van der Waals surface area contributed by atoms with Crippen LogP contribution in [0.1, 0.15) is 6.42 Å². The van der Waals surface area contributed by atoms with Crippen molar-refractivity contribution in [2.24, 2.45) is 5.92 Å². The van der Waals surface area contributed by atoms with Gasteiger partial charge in [-0.15, -0.1) is 11.3 Å². The van der Waals surface area contributed by atoms with Gasteiger partial charge in [0, 0.05) is 13.7 Å². The summed E-state index contributed by atoms with van der Waals surface area (Å²) in [5, 5.41) is 1.72. The van der Waals surface area contributed by atoms with Gasteiger partial charge in [-0.1, -0.05) is 6.07 Å². The van der Waals surface area contributed by atoms with Gasteiger partial charge in [-0.25, -0.2) is 8.42 Å². The Morgan fingerprint density at radius 3 is 2.62 bits per heavy atom. The Kier molecular flexibility index (Phi) is 4.88. The second kappa shape index (κ2) is 6.92. The molecular weight excluding hydrogens is 350 g/mol. The summed E-state index contributed by atoms with van der Waals surface area (Å²) in [4.78, 5) is 11.9. The van der Waals surface area contributed by atoms with Crippen LogP contribution in [-0.4, -0.2) is 34.6 Å². The number of nitrogens with zero attached hydrogens (tertiary/aromatic N) is 1. The van der Waals surface area contributed by atoms with Crippen LogP contribution in [0.4, 0.5) is 5.69 Å².